The number of piperazine rings is 1. The Balaban J connectivity index is 1.72. The van der Waals surface area contributed by atoms with E-state index in [2.05, 4.69) is 15.3 Å². The number of nitrogens with zero attached hydrogens (tertiary/aromatic N) is 5. The van der Waals surface area contributed by atoms with E-state index >= 15 is 0 Å². The highest BCUT2D eigenvalue weighted by atomic mass is 32.2. The number of hydrogen-bond donors (Lipinski definition) is 2. The molecule has 34 heavy (non-hydrogen) atoms. The maximum Gasteiger partial charge on any atom is 0.341 e. The van der Waals surface area contributed by atoms with Crippen LogP contribution < -0.4 is 15.6 Å². The van der Waals surface area contributed by atoms with Gasteiger partial charge in [-0.3, -0.25) is 4.79 Å². The number of carbonyl (C=O) groups excluding carboxylic acids is 1. The average Bonchev–Trinajstić information content (AvgIpc) is 2.85. The molecule has 13 heteroatoms. The van der Waals surface area contributed by atoms with Gasteiger partial charge in [-0.15, -0.1) is 0 Å². The van der Waals surface area contributed by atoms with Crippen LogP contribution >= 0.6 is 24.0 Å². The second-order valence-corrected chi connectivity index (χ2v) is 9.02. The van der Waals surface area contributed by atoms with Crippen LogP contribution in [0.5, 0.6) is 0 Å². The van der Waals surface area contributed by atoms with Crippen molar-refractivity contribution in [3.05, 3.63) is 28.2 Å². The van der Waals surface area contributed by atoms with E-state index in [1.807, 2.05) is 23.0 Å². The molecule has 2 aromatic rings. The molecule has 184 valence electrons. The number of ether oxygens (including phenoxy) is 1. The van der Waals surface area contributed by atoms with Gasteiger partial charge in [-0.05, 0) is 37.6 Å². The highest BCUT2D eigenvalue weighted by Gasteiger charge is 2.26. The SMILES string of the molecule is CCn1cc(C(=O)O)c(=O)c2cnc(N3CCN(C(=S)N[C@@H](CCSC)C(=O)OC)CC3)nc21. The van der Waals surface area contributed by atoms with E-state index in [1.165, 1.54) is 19.5 Å². The number of rotatable bonds is 8. The Labute approximate surface area is 206 Å². The van der Waals surface area contributed by atoms with Crippen molar-refractivity contribution >= 4 is 58.0 Å². The molecule has 0 unspecified atom stereocenters. The van der Waals surface area contributed by atoms with Gasteiger partial charge >= 0.3 is 11.9 Å². The van der Waals surface area contributed by atoms with Gasteiger partial charge in [-0.25, -0.2) is 14.6 Å². The van der Waals surface area contributed by atoms with E-state index in [0.29, 0.717) is 55.9 Å². The number of esters is 1. The first kappa shape index (κ1) is 25.7. The summed E-state index contributed by atoms with van der Waals surface area (Å²) < 4.78 is 6.53. The third-order valence-electron chi connectivity index (χ3n) is 5.62. The topological polar surface area (TPSA) is 130 Å². The monoisotopic (exact) mass is 508 g/mol. The molecular weight excluding hydrogens is 480 g/mol. The molecule has 2 N–H and O–H groups in total. The molecule has 11 nitrogen and oxygen atoms in total. The maximum atomic E-state index is 12.5. The number of methoxy groups -OCH3 is 1. The molecule has 0 radical (unpaired) electrons. The van der Waals surface area contributed by atoms with Crippen LogP contribution in [0.4, 0.5) is 5.95 Å². The number of pyridine rings is 1. The number of nitrogens with one attached hydrogen (secondary N) is 1. The minimum Gasteiger partial charge on any atom is -0.477 e. The number of aromatic carboxylic acids is 1. The van der Waals surface area contributed by atoms with Crippen LogP contribution in [-0.4, -0.2) is 92.9 Å². The molecular formula is C21H28N6O5S2. The summed E-state index contributed by atoms with van der Waals surface area (Å²) in [5.41, 5.74) is -0.499. The molecule has 1 aliphatic heterocycles. The Morgan fingerprint density at radius 1 is 1.32 bits per heavy atom. The van der Waals surface area contributed by atoms with Gasteiger partial charge in [0, 0.05) is 45.1 Å². The lowest BCUT2D eigenvalue weighted by Crippen LogP contribution is -2.55. The van der Waals surface area contributed by atoms with Crippen molar-refractivity contribution < 1.29 is 19.4 Å². The van der Waals surface area contributed by atoms with E-state index in [9.17, 15) is 19.5 Å². The second kappa shape index (κ2) is 11.5. The number of aromatic nitrogens is 3. The van der Waals surface area contributed by atoms with Crippen LogP contribution in [0.1, 0.15) is 23.7 Å². The number of thioether (sulfide) groups is 1. The number of carboxylic acid groups (broad SMARTS) is 1. The molecule has 0 saturated carbocycles. The Hall–Kier alpha value is -2.93. The van der Waals surface area contributed by atoms with Gasteiger partial charge in [0.15, 0.2) is 5.11 Å². The molecule has 0 amide bonds. The van der Waals surface area contributed by atoms with E-state index in [4.69, 9.17) is 17.0 Å². The number of hydrogen-bond acceptors (Lipinski definition) is 9. The Bertz CT molecular complexity index is 1130. The average molecular weight is 509 g/mol. The van der Waals surface area contributed by atoms with E-state index in [0.717, 1.165) is 5.75 Å². The maximum absolute atomic E-state index is 12.5. The van der Waals surface area contributed by atoms with E-state index in [-0.39, 0.29) is 16.9 Å². The van der Waals surface area contributed by atoms with Crippen molar-refractivity contribution in [1.82, 2.24) is 24.8 Å². The first-order valence-electron chi connectivity index (χ1n) is 10.8. The smallest absolute Gasteiger partial charge is 0.341 e. The minimum absolute atomic E-state index is 0.175. The fourth-order valence-electron chi connectivity index (χ4n) is 3.69. The van der Waals surface area contributed by atoms with Gasteiger partial charge in [0.05, 0.1) is 12.5 Å². The van der Waals surface area contributed by atoms with E-state index in [1.54, 1.807) is 16.3 Å². The molecule has 1 aliphatic rings. The first-order valence-corrected chi connectivity index (χ1v) is 12.6. The fourth-order valence-corrected chi connectivity index (χ4v) is 4.48. The summed E-state index contributed by atoms with van der Waals surface area (Å²) in [4.78, 5) is 48.9. The molecule has 0 spiro atoms. The zero-order valence-corrected chi connectivity index (χ0v) is 20.9. The van der Waals surface area contributed by atoms with Crippen molar-refractivity contribution in [3.63, 3.8) is 0 Å². The van der Waals surface area contributed by atoms with Crippen LogP contribution in [0.25, 0.3) is 11.0 Å². The number of thiocarbonyl (C=S) groups is 1. The Kier molecular flexibility index (Phi) is 8.67. The summed E-state index contributed by atoms with van der Waals surface area (Å²) in [6.45, 7) is 4.68. The zero-order valence-electron chi connectivity index (χ0n) is 19.3. The summed E-state index contributed by atoms with van der Waals surface area (Å²) in [6, 6.07) is -0.492. The van der Waals surface area contributed by atoms with Crippen LogP contribution in [0.3, 0.4) is 0 Å². The standard InChI is InChI=1S/C21H28N6O5S2/c1-4-25-12-14(18(29)30)16(28)13-11-22-20(24-17(13)25)26-6-8-27(9-7-26)21(33)23-15(5-10-34-3)19(31)32-2/h11-12,15H,4-10H2,1-3H3,(H,23,33)(H,29,30)/t15-/m0/s1. The number of anilines is 1. The lowest BCUT2D eigenvalue weighted by atomic mass is 10.2. The summed E-state index contributed by atoms with van der Waals surface area (Å²) in [5, 5.41) is 13.1. The number of fused-ring (bicyclic) bond motifs is 1. The largest absolute Gasteiger partial charge is 0.477 e. The molecule has 1 atom stereocenters. The first-order chi connectivity index (χ1) is 16.3. The summed E-state index contributed by atoms with van der Waals surface area (Å²) in [7, 11) is 1.36. The lowest BCUT2D eigenvalue weighted by molar-refractivity contribution is -0.142. The molecule has 1 fully saturated rings. The van der Waals surface area contributed by atoms with E-state index < -0.39 is 17.4 Å². The van der Waals surface area contributed by atoms with Crippen molar-refractivity contribution in [2.45, 2.75) is 25.9 Å². The second-order valence-electron chi connectivity index (χ2n) is 7.65. The molecule has 0 aromatic carbocycles. The molecule has 3 rings (SSSR count). The van der Waals surface area contributed by atoms with Crippen molar-refractivity contribution in [2.24, 2.45) is 0 Å². The predicted molar refractivity (Wildman–Crippen MR) is 135 cm³/mol. The zero-order chi connectivity index (χ0) is 24.8. The normalized spacial score (nSPS) is 14.7. The molecule has 2 aromatic heterocycles. The summed E-state index contributed by atoms with van der Waals surface area (Å²) >= 11 is 7.18. The summed E-state index contributed by atoms with van der Waals surface area (Å²) in [6.07, 6.45) is 5.30. The fraction of sp³-hybridized carbons (Fsp3) is 0.524. The predicted octanol–water partition coefficient (Wildman–Crippen LogP) is 0.801. The quantitative estimate of drug-likeness (QED) is 0.386. The van der Waals surface area contributed by atoms with Crippen molar-refractivity contribution in [3.8, 4) is 0 Å². The molecule has 3 heterocycles. The molecule has 1 saturated heterocycles. The molecule has 0 aliphatic carbocycles. The van der Waals surface area contributed by atoms with Gasteiger partial charge in [0.25, 0.3) is 0 Å². The van der Waals surface area contributed by atoms with Gasteiger partial charge in [-0.2, -0.15) is 16.7 Å². The molecule has 0 bridgehead atoms. The Morgan fingerprint density at radius 3 is 2.62 bits per heavy atom. The van der Waals surface area contributed by atoms with Gasteiger partial charge < -0.3 is 29.5 Å². The highest BCUT2D eigenvalue weighted by molar-refractivity contribution is 7.98. The number of aryl methyl sites for hydroxylation is 1. The van der Waals surface area contributed by atoms with Gasteiger partial charge in [0.2, 0.25) is 11.4 Å². The van der Waals surface area contributed by atoms with Crippen molar-refractivity contribution in [1.29, 1.82) is 0 Å². The highest BCUT2D eigenvalue weighted by Crippen LogP contribution is 2.16. The van der Waals surface area contributed by atoms with Crippen LogP contribution in [0.2, 0.25) is 0 Å². The lowest BCUT2D eigenvalue weighted by Gasteiger charge is -2.37. The van der Waals surface area contributed by atoms with Gasteiger partial charge in [0.1, 0.15) is 17.3 Å². The summed E-state index contributed by atoms with van der Waals surface area (Å²) in [5.74, 6) is -0.350. The van der Waals surface area contributed by atoms with Crippen LogP contribution in [0.15, 0.2) is 17.2 Å². The minimum atomic E-state index is -1.28. The van der Waals surface area contributed by atoms with Gasteiger partial charge in [-0.1, -0.05) is 0 Å². The third-order valence-corrected chi connectivity index (χ3v) is 6.64. The van der Waals surface area contributed by atoms with Crippen LogP contribution in [0, 0.1) is 0 Å². The number of carboxylic acids is 1. The van der Waals surface area contributed by atoms with Crippen molar-refractivity contribution in [2.75, 3.05) is 50.2 Å². The number of carbonyl (C=O) groups is 2. The third kappa shape index (κ3) is 5.58. The van der Waals surface area contributed by atoms with Crippen LogP contribution in [-0.2, 0) is 16.1 Å². The Morgan fingerprint density at radius 2 is 2.03 bits per heavy atom.